The molecule has 2 aromatic carbocycles. The van der Waals surface area contributed by atoms with E-state index in [0.717, 1.165) is 5.56 Å². The minimum atomic E-state index is -0.179. The fourth-order valence-corrected chi connectivity index (χ4v) is 3.17. The number of phenols is 1. The summed E-state index contributed by atoms with van der Waals surface area (Å²) in [5.74, 6) is -0.0353. The van der Waals surface area contributed by atoms with Gasteiger partial charge in [0.15, 0.2) is 0 Å². The summed E-state index contributed by atoms with van der Waals surface area (Å²) < 4.78 is 1.40. The third kappa shape index (κ3) is 3.74. The largest absolute Gasteiger partial charge is 0.508 e. The van der Waals surface area contributed by atoms with Gasteiger partial charge in [-0.05, 0) is 61.7 Å². The molecular formula is C14H12Br2N2O2. The Hall–Kier alpha value is -1.53. The first-order valence-corrected chi connectivity index (χ1v) is 7.36. The number of hydrogen-bond donors (Lipinski definition) is 3. The molecule has 20 heavy (non-hydrogen) atoms. The monoisotopic (exact) mass is 398 g/mol. The van der Waals surface area contributed by atoms with Crippen molar-refractivity contribution in [2.24, 2.45) is 0 Å². The predicted molar refractivity (Wildman–Crippen MR) is 86.7 cm³/mol. The fraction of sp³-hybridized carbons (Fsp3) is 0.0714. The smallest absolute Gasteiger partial charge is 0.228 e. The van der Waals surface area contributed by atoms with Gasteiger partial charge in [-0.2, -0.15) is 0 Å². The third-order valence-electron chi connectivity index (χ3n) is 2.60. The van der Waals surface area contributed by atoms with E-state index in [4.69, 9.17) is 5.73 Å². The van der Waals surface area contributed by atoms with Crippen LogP contribution in [0.4, 0.5) is 11.4 Å². The van der Waals surface area contributed by atoms with Gasteiger partial charge in [0, 0.05) is 14.6 Å². The normalized spacial score (nSPS) is 10.3. The Labute approximate surface area is 133 Å². The highest BCUT2D eigenvalue weighted by Gasteiger charge is 2.11. The second-order valence-electron chi connectivity index (χ2n) is 4.25. The quantitative estimate of drug-likeness (QED) is 0.689. The number of amides is 1. The summed E-state index contributed by atoms with van der Waals surface area (Å²) in [5, 5.41) is 12.2. The number of rotatable bonds is 3. The zero-order chi connectivity index (χ0) is 14.7. The van der Waals surface area contributed by atoms with Gasteiger partial charge in [0.1, 0.15) is 5.75 Å². The van der Waals surface area contributed by atoms with Crippen molar-refractivity contribution in [2.45, 2.75) is 6.42 Å². The van der Waals surface area contributed by atoms with Gasteiger partial charge in [0.25, 0.3) is 0 Å². The molecule has 6 heteroatoms. The summed E-state index contributed by atoms with van der Waals surface area (Å²) in [7, 11) is 0. The van der Waals surface area contributed by atoms with Crippen molar-refractivity contribution in [3.05, 3.63) is 50.9 Å². The first-order valence-electron chi connectivity index (χ1n) is 5.78. The second-order valence-corrected chi connectivity index (χ2v) is 5.96. The van der Waals surface area contributed by atoms with E-state index in [0.29, 0.717) is 20.3 Å². The maximum atomic E-state index is 12.0. The average molecular weight is 400 g/mol. The highest BCUT2D eigenvalue weighted by atomic mass is 79.9. The van der Waals surface area contributed by atoms with Crippen LogP contribution in [0, 0.1) is 0 Å². The van der Waals surface area contributed by atoms with Gasteiger partial charge in [-0.25, -0.2) is 0 Å². The van der Waals surface area contributed by atoms with Crippen LogP contribution in [0.1, 0.15) is 5.56 Å². The number of hydrogen-bond acceptors (Lipinski definition) is 3. The molecule has 0 fully saturated rings. The van der Waals surface area contributed by atoms with Crippen molar-refractivity contribution in [3.63, 3.8) is 0 Å². The number of benzene rings is 2. The van der Waals surface area contributed by atoms with Gasteiger partial charge in [-0.15, -0.1) is 0 Å². The molecule has 0 heterocycles. The molecule has 0 aromatic heterocycles. The predicted octanol–water partition coefficient (Wildman–Crippen LogP) is 3.68. The molecule has 1 amide bonds. The molecule has 0 bridgehead atoms. The lowest BCUT2D eigenvalue weighted by molar-refractivity contribution is -0.115. The molecule has 2 aromatic rings. The van der Waals surface area contributed by atoms with Crippen LogP contribution in [0.5, 0.6) is 5.75 Å². The number of halogens is 2. The van der Waals surface area contributed by atoms with Crippen LogP contribution in [-0.4, -0.2) is 11.0 Å². The summed E-state index contributed by atoms with van der Waals surface area (Å²) in [5.41, 5.74) is 7.66. The van der Waals surface area contributed by atoms with Crippen LogP contribution < -0.4 is 11.1 Å². The Balaban J connectivity index is 2.13. The van der Waals surface area contributed by atoms with Crippen LogP contribution in [0.3, 0.4) is 0 Å². The van der Waals surface area contributed by atoms with Crippen molar-refractivity contribution < 1.29 is 9.90 Å². The molecule has 0 atom stereocenters. The lowest BCUT2D eigenvalue weighted by atomic mass is 10.1. The van der Waals surface area contributed by atoms with Crippen molar-refractivity contribution >= 4 is 49.1 Å². The maximum absolute atomic E-state index is 12.0. The molecule has 0 saturated heterocycles. The SMILES string of the molecule is Nc1cc(Br)c(NC(=O)Cc2cccc(O)c2)c(Br)c1. The molecule has 0 aliphatic rings. The van der Waals surface area contributed by atoms with Crippen molar-refractivity contribution in [1.29, 1.82) is 0 Å². The Bertz CT molecular complexity index is 636. The molecule has 0 aliphatic carbocycles. The number of carbonyl (C=O) groups is 1. The first-order chi connectivity index (χ1) is 9.45. The maximum Gasteiger partial charge on any atom is 0.228 e. The number of nitrogens with one attached hydrogen (secondary N) is 1. The number of anilines is 2. The Kier molecular flexibility index (Phi) is 4.67. The van der Waals surface area contributed by atoms with Crippen LogP contribution in [0.25, 0.3) is 0 Å². The molecule has 4 N–H and O–H groups in total. The van der Waals surface area contributed by atoms with Crippen molar-refractivity contribution in [2.75, 3.05) is 11.1 Å². The molecular weight excluding hydrogens is 388 g/mol. The number of aromatic hydroxyl groups is 1. The highest BCUT2D eigenvalue weighted by molar-refractivity contribution is 9.11. The number of carbonyl (C=O) groups excluding carboxylic acids is 1. The average Bonchev–Trinajstić information content (AvgIpc) is 2.33. The minimum Gasteiger partial charge on any atom is -0.508 e. The van der Waals surface area contributed by atoms with Crippen molar-refractivity contribution in [1.82, 2.24) is 0 Å². The summed E-state index contributed by atoms with van der Waals surface area (Å²) >= 11 is 6.72. The Morgan fingerprint density at radius 2 is 1.85 bits per heavy atom. The first kappa shape index (κ1) is 14.9. The zero-order valence-electron chi connectivity index (χ0n) is 10.4. The summed E-state index contributed by atoms with van der Waals surface area (Å²) in [6, 6.07) is 10.0. The van der Waals surface area contributed by atoms with E-state index in [2.05, 4.69) is 37.2 Å². The summed E-state index contributed by atoms with van der Waals surface area (Å²) in [4.78, 5) is 12.0. The molecule has 0 radical (unpaired) electrons. The minimum absolute atomic E-state index is 0.144. The van der Waals surface area contributed by atoms with E-state index in [1.54, 1.807) is 36.4 Å². The van der Waals surface area contributed by atoms with E-state index in [-0.39, 0.29) is 18.1 Å². The van der Waals surface area contributed by atoms with Gasteiger partial charge in [0.2, 0.25) is 5.91 Å². The summed E-state index contributed by atoms with van der Waals surface area (Å²) in [6.07, 6.45) is 0.178. The molecule has 0 saturated carbocycles. The van der Waals surface area contributed by atoms with Gasteiger partial charge in [-0.1, -0.05) is 12.1 Å². The highest BCUT2D eigenvalue weighted by Crippen LogP contribution is 2.33. The molecule has 0 spiro atoms. The van der Waals surface area contributed by atoms with Crippen LogP contribution in [0.2, 0.25) is 0 Å². The molecule has 104 valence electrons. The third-order valence-corrected chi connectivity index (χ3v) is 3.85. The van der Waals surface area contributed by atoms with E-state index >= 15 is 0 Å². The van der Waals surface area contributed by atoms with E-state index in [1.165, 1.54) is 0 Å². The number of phenolic OH excluding ortho intramolecular Hbond substituents is 1. The zero-order valence-corrected chi connectivity index (χ0v) is 13.5. The Morgan fingerprint density at radius 3 is 2.45 bits per heavy atom. The lowest BCUT2D eigenvalue weighted by Crippen LogP contribution is -2.15. The van der Waals surface area contributed by atoms with Crippen LogP contribution in [-0.2, 0) is 11.2 Å². The lowest BCUT2D eigenvalue weighted by Gasteiger charge is -2.11. The molecule has 0 unspecified atom stereocenters. The Morgan fingerprint density at radius 1 is 1.20 bits per heavy atom. The van der Waals surface area contributed by atoms with Crippen molar-refractivity contribution in [3.8, 4) is 5.75 Å². The van der Waals surface area contributed by atoms with Crippen LogP contribution >= 0.6 is 31.9 Å². The van der Waals surface area contributed by atoms with E-state index in [9.17, 15) is 9.90 Å². The molecule has 0 aliphatic heterocycles. The van der Waals surface area contributed by atoms with E-state index in [1.807, 2.05) is 0 Å². The second kappa shape index (κ2) is 6.28. The topological polar surface area (TPSA) is 75.3 Å². The number of nitrogens with two attached hydrogens (primary N) is 1. The molecule has 2 rings (SSSR count). The fourth-order valence-electron chi connectivity index (χ4n) is 1.75. The molecule has 4 nitrogen and oxygen atoms in total. The summed E-state index contributed by atoms with van der Waals surface area (Å²) in [6.45, 7) is 0. The van der Waals surface area contributed by atoms with Crippen LogP contribution in [0.15, 0.2) is 45.3 Å². The van der Waals surface area contributed by atoms with Gasteiger partial charge < -0.3 is 16.2 Å². The van der Waals surface area contributed by atoms with E-state index < -0.39 is 0 Å². The standard InChI is InChI=1S/C14H12Br2N2O2/c15-11-6-9(17)7-12(16)14(11)18-13(20)5-8-2-1-3-10(19)4-8/h1-4,6-7,19H,5,17H2,(H,18,20). The van der Waals surface area contributed by atoms with Gasteiger partial charge in [0.05, 0.1) is 12.1 Å². The number of nitrogen functional groups attached to an aromatic ring is 1. The van der Waals surface area contributed by atoms with Gasteiger partial charge in [-0.3, -0.25) is 4.79 Å². The van der Waals surface area contributed by atoms with Gasteiger partial charge >= 0.3 is 0 Å².